The average molecular weight is 285 g/mol. The highest BCUT2D eigenvalue weighted by Gasteiger charge is 2.09. The van der Waals surface area contributed by atoms with Crippen LogP contribution in [-0.4, -0.2) is 27.5 Å². The third-order valence-electron chi connectivity index (χ3n) is 3.02. The molecule has 0 aliphatic carbocycles. The van der Waals surface area contributed by atoms with Crippen LogP contribution >= 0.6 is 11.8 Å². The quantitative estimate of drug-likeness (QED) is 0.688. The van der Waals surface area contributed by atoms with Crippen molar-refractivity contribution < 1.29 is 4.74 Å². The molecule has 0 spiro atoms. The van der Waals surface area contributed by atoms with Crippen LogP contribution in [0.1, 0.15) is 6.92 Å². The topological polar surface area (TPSA) is 39.4 Å². The van der Waals surface area contributed by atoms with Gasteiger partial charge in [0.2, 0.25) is 0 Å². The fourth-order valence-corrected chi connectivity index (χ4v) is 2.76. The molecule has 0 radical (unpaired) electrons. The Morgan fingerprint density at radius 1 is 1.25 bits per heavy atom. The lowest BCUT2D eigenvalue weighted by atomic mass is 10.1. The molecule has 0 N–H and O–H groups in total. The van der Waals surface area contributed by atoms with Gasteiger partial charge in [0, 0.05) is 18.0 Å². The first-order valence-electron chi connectivity index (χ1n) is 6.43. The van der Waals surface area contributed by atoms with Crippen LogP contribution in [0.25, 0.3) is 16.8 Å². The zero-order valence-electron chi connectivity index (χ0n) is 11.4. The van der Waals surface area contributed by atoms with Crippen molar-refractivity contribution >= 4 is 17.3 Å². The van der Waals surface area contributed by atoms with Crippen LogP contribution in [0, 0.1) is 0 Å². The number of rotatable bonds is 4. The summed E-state index contributed by atoms with van der Waals surface area (Å²) < 4.78 is 7.06. The molecule has 3 rings (SSSR count). The van der Waals surface area contributed by atoms with E-state index in [0.717, 1.165) is 33.3 Å². The Labute approximate surface area is 121 Å². The molecule has 0 saturated carbocycles. The van der Waals surface area contributed by atoms with E-state index in [1.807, 2.05) is 35.0 Å². The van der Waals surface area contributed by atoms with Crippen LogP contribution < -0.4 is 4.74 Å². The van der Waals surface area contributed by atoms with E-state index in [1.54, 1.807) is 25.1 Å². The van der Waals surface area contributed by atoms with Crippen LogP contribution in [0.15, 0.2) is 47.8 Å². The number of nitrogens with zero attached hydrogens (tertiary/aromatic N) is 3. The zero-order chi connectivity index (χ0) is 13.9. The minimum Gasteiger partial charge on any atom is -0.497 e. The number of hydrogen-bond acceptors (Lipinski definition) is 4. The molecule has 0 fully saturated rings. The lowest BCUT2D eigenvalue weighted by molar-refractivity contribution is 0.415. The molecule has 0 saturated heterocycles. The molecule has 0 atom stereocenters. The van der Waals surface area contributed by atoms with Crippen LogP contribution in [0.3, 0.4) is 0 Å². The average Bonchev–Trinajstić information content (AvgIpc) is 2.93. The van der Waals surface area contributed by atoms with Crippen molar-refractivity contribution in [1.29, 1.82) is 0 Å². The van der Waals surface area contributed by atoms with Crippen molar-refractivity contribution in [3.63, 3.8) is 0 Å². The summed E-state index contributed by atoms with van der Waals surface area (Å²) in [6, 6.07) is 9.99. The fraction of sp³-hybridized carbons (Fsp3) is 0.200. The summed E-state index contributed by atoms with van der Waals surface area (Å²) in [5, 5.41) is 5.62. The molecule has 20 heavy (non-hydrogen) atoms. The van der Waals surface area contributed by atoms with Gasteiger partial charge in [-0.1, -0.05) is 6.92 Å². The second-order valence-electron chi connectivity index (χ2n) is 4.25. The third-order valence-corrected chi connectivity index (χ3v) is 3.90. The highest BCUT2D eigenvalue weighted by molar-refractivity contribution is 7.99. The Kier molecular flexibility index (Phi) is 3.60. The smallest absolute Gasteiger partial charge is 0.122 e. The molecule has 0 aliphatic rings. The summed E-state index contributed by atoms with van der Waals surface area (Å²) in [6.45, 7) is 2.12. The van der Waals surface area contributed by atoms with E-state index in [4.69, 9.17) is 4.74 Å². The van der Waals surface area contributed by atoms with Crippen molar-refractivity contribution in [2.45, 2.75) is 11.9 Å². The van der Waals surface area contributed by atoms with Crippen molar-refractivity contribution in [2.75, 3.05) is 12.9 Å². The summed E-state index contributed by atoms with van der Waals surface area (Å²) in [5.41, 5.74) is 3.06. The van der Waals surface area contributed by atoms with Gasteiger partial charge in [-0.25, -0.2) is 9.50 Å². The van der Waals surface area contributed by atoms with Gasteiger partial charge in [-0.3, -0.25) is 0 Å². The predicted octanol–water partition coefficient (Wildman–Crippen LogP) is 3.52. The van der Waals surface area contributed by atoms with Gasteiger partial charge in [-0.15, -0.1) is 11.8 Å². The van der Waals surface area contributed by atoms with Gasteiger partial charge in [0.05, 0.1) is 18.3 Å². The van der Waals surface area contributed by atoms with Crippen molar-refractivity contribution in [1.82, 2.24) is 14.6 Å². The van der Waals surface area contributed by atoms with E-state index in [9.17, 15) is 0 Å². The van der Waals surface area contributed by atoms with Gasteiger partial charge in [0.15, 0.2) is 0 Å². The SMILES string of the molecule is CCSc1nccn2nc(-c3ccc(OC)cc3)cc12. The lowest BCUT2D eigenvalue weighted by Gasteiger charge is -1.99. The van der Waals surface area contributed by atoms with Gasteiger partial charge in [0.1, 0.15) is 10.8 Å². The summed E-state index contributed by atoms with van der Waals surface area (Å²) in [4.78, 5) is 4.41. The first-order valence-corrected chi connectivity index (χ1v) is 7.42. The normalized spacial score (nSPS) is 10.9. The maximum Gasteiger partial charge on any atom is 0.122 e. The number of hydrogen-bond donors (Lipinski definition) is 0. The molecule has 5 heteroatoms. The summed E-state index contributed by atoms with van der Waals surface area (Å²) in [6.07, 6.45) is 3.66. The van der Waals surface area contributed by atoms with Crippen LogP contribution in [0.5, 0.6) is 5.75 Å². The highest BCUT2D eigenvalue weighted by atomic mass is 32.2. The van der Waals surface area contributed by atoms with E-state index in [-0.39, 0.29) is 0 Å². The van der Waals surface area contributed by atoms with Gasteiger partial charge in [0.25, 0.3) is 0 Å². The predicted molar refractivity (Wildman–Crippen MR) is 81.4 cm³/mol. The molecular formula is C15H15N3OS. The van der Waals surface area contributed by atoms with Gasteiger partial charge in [-0.05, 0) is 36.1 Å². The number of aromatic nitrogens is 3. The number of methoxy groups -OCH3 is 1. The van der Waals surface area contributed by atoms with Crippen LogP contribution in [0.2, 0.25) is 0 Å². The van der Waals surface area contributed by atoms with Crippen molar-refractivity contribution in [3.05, 3.63) is 42.7 Å². The van der Waals surface area contributed by atoms with Gasteiger partial charge < -0.3 is 4.74 Å². The van der Waals surface area contributed by atoms with Crippen LogP contribution in [-0.2, 0) is 0 Å². The molecule has 3 aromatic rings. The largest absolute Gasteiger partial charge is 0.497 e. The standard InChI is InChI=1S/C15H15N3OS/c1-3-20-15-14-10-13(17-18(14)9-8-16-15)11-4-6-12(19-2)7-5-11/h4-10H,3H2,1-2H3. The maximum atomic E-state index is 5.18. The molecule has 1 aromatic carbocycles. The number of benzene rings is 1. The first-order chi connectivity index (χ1) is 9.81. The van der Waals surface area contributed by atoms with Crippen LogP contribution in [0.4, 0.5) is 0 Å². The highest BCUT2D eigenvalue weighted by Crippen LogP contribution is 2.26. The third kappa shape index (κ3) is 2.36. The molecule has 0 unspecified atom stereocenters. The van der Waals surface area contributed by atoms with E-state index < -0.39 is 0 Å². The molecular weight excluding hydrogens is 270 g/mol. The lowest BCUT2D eigenvalue weighted by Crippen LogP contribution is -1.90. The molecule has 4 nitrogen and oxygen atoms in total. The second-order valence-corrected chi connectivity index (χ2v) is 5.51. The molecule has 102 valence electrons. The van der Waals surface area contributed by atoms with E-state index in [0.29, 0.717) is 0 Å². The zero-order valence-corrected chi connectivity index (χ0v) is 12.2. The Hall–Kier alpha value is -2.01. The van der Waals surface area contributed by atoms with Crippen molar-refractivity contribution in [2.24, 2.45) is 0 Å². The molecule has 2 heterocycles. The molecule has 0 aliphatic heterocycles. The van der Waals surface area contributed by atoms with E-state index in [1.165, 1.54) is 0 Å². The summed E-state index contributed by atoms with van der Waals surface area (Å²) >= 11 is 1.73. The van der Waals surface area contributed by atoms with Crippen molar-refractivity contribution in [3.8, 4) is 17.0 Å². The minimum absolute atomic E-state index is 0.849. The van der Waals surface area contributed by atoms with Gasteiger partial charge >= 0.3 is 0 Å². The Bertz CT molecular complexity index is 722. The second kappa shape index (κ2) is 5.54. The van der Waals surface area contributed by atoms with E-state index >= 15 is 0 Å². The molecule has 2 aromatic heterocycles. The monoisotopic (exact) mass is 285 g/mol. The molecule has 0 amide bonds. The Morgan fingerprint density at radius 3 is 2.75 bits per heavy atom. The minimum atomic E-state index is 0.849. The Balaban J connectivity index is 2.05. The Morgan fingerprint density at radius 2 is 2.05 bits per heavy atom. The first kappa shape index (κ1) is 13.0. The summed E-state index contributed by atoms with van der Waals surface area (Å²) in [5.74, 6) is 1.84. The van der Waals surface area contributed by atoms with Gasteiger partial charge in [-0.2, -0.15) is 5.10 Å². The fourth-order valence-electron chi connectivity index (χ4n) is 2.05. The molecule has 0 bridgehead atoms. The maximum absolute atomic E-state index is 5.18. The van der Waals surface area contributed by atoms with E-state index in [2.05, 4.69) is 23.1 Å². The number of ether oxygens (including phenoxy) is 1. The number of fused-ring (bicyclic) bond motifs is 1. The summed E-state index contributed by atoms with van der Waals surface area (Å²) in [7, 11) is 1.67. The number of thioether (sulfide) groups is 1.